The van der Waals surface area contributed by atoms with Crippen LogP contribution in [-0.4, -0.2) is 63.6 Å². The average Bonchev–Trinajstić information content (AvgIpc) is 2.77. The third kappa shape index (κ3) is 4.71. The summed E-state index contributed by atoms with van der Waals surface area (Å²) in [4.78, 5) is 28.2. The van der Waals surface area contributed by atoms with Crippen molar-refractivity contribution < 1.29 is 4.79 Å². The first-order valence-electron chi connectivity index (χ1n) is 12.7. The van der Waals surface area contributed by atoms with Crippen molar-refractivity contribution in [1.29, 1.82) is 0 Å². The van der Waals surface area contributed by atoms with Crippen LogP contribution in [0.5, 0.6) is 0 Å². The Bertz CT molecular complexity index is 999. The van der Waals surface area contributed by atoms with Crippen LogP contribution in [-0.2, 0) is 11.3 Å². The molecule has 178 valence electrons. The molecule has 1 saturated carbocycles. The Hall–Kier alpha value is -2.25. The van der Waals surface area contributed by atoms with Crippen LogP contribution in [0.1, 0.15) is 52.8 Å². The van der Waals surface area contributed by atoms with Crippen molar-refractivity contribution in [2.24, 2.45) is 17.8 Å². The lowest BCUT2D eigenvalue weighted by molar-refractivity contribution is -0.126. The van der Waals surface area contributed by atoms with Gasteiger partial charge < -0.3 is 10.6 Å². The van der Waals surface area contributed by atoms with Crippen LogP contribution in [0.2, 0.25) is 0 Å². The van der Waals surface area contributed by atoms with Gasteiger partial charge in [-0.05, 0) is 49.1 Å². The molecule has 0 spiro atoms. The van der Waals surface area contributed by atoms with Gasteiger partial charge in [-0.25, -0.2) is 9.97 Å². The number of nitrogens with zero attached hydrogens (tertiary/aromatic N) is 4. The molecule has 3 heterocycles. The summed E-state index contributed by atoms with van der Waals surface area (Å²) in [6, 6.07) is 8.32. The Morgan fingerprint density at radius 1 is 0.970 bits per heavy atom. The SMILES string of the molecule is CC1CC(C)CC(N2CCN3Cc4nc(c5ccccc5n4)N[C@@H](C(C)C)C(=O)NC3C2)C1. The third-order valence-electron chi connectivity index (χ3n) is 7.74. The van der Waals surface area contributed by atoms with Gasteiger partial charge in [0.2, 0.25) is 5.91 Å². The highest BCUT2D eigenvalue weighted by Crippen LogP contribution is 2.33. The number of carbonyl (C=O) groups is 1. The van der Waals surface area contributed by atoms with Gasteiger partial charge in [0.1, 0.15) is 17.7 Å². The second kappa shape index (κ2) is 9.18. The highest BCUT2D eigenvalue weighted by Gasteiger charge is 2.37. The highest BCUT2D eigenvalue weighted by atomic mass is 16.2. The van der Waals surface area contributed by atoms with E-state index < -0.39 is 0 Å². The molecule has 1 saturated heterocycles. The predicted octanol–water partition coefficient (Wildman–Crippen LogP) is 3.46. The van der Waals surface area contributed by atoms with Gasteiger partial charge >= 0.3 is 0 Å². The van der Waals surface area contributed by atoms with Gasteiger partial charge in [-0.15, -0.1) is 0 Å². The van der Waals surface area contributed by atoms with Gasteiger partial charge in [0.05, 0.1) is 18.2 Å². The molecule has 2 bridgehead atoms. The lowest BCUT2D eigenvalue weighted by Crippen LogP contribution is -2.64. The molecule has 7 nitrogen and oxygen atoms in total. The van der Waals surface area contributed by atoms with Crippen LogP contribution in [0.15, 0.2) is 24.3 Å². The van der Waals surface area contributed by atoms with Gasteiger partial charge in [0.25, 0.3) is 0 Å². The van der Waals surface area contributed by atoms with Gasteiger partial charge in [-0.3, -0.25) is 14.6 Å². The van der Waals surface area contributed by atoms with E-state index in [1.54, 1.807) is 0 Å². The number of aromatic nitrogens is 2. The number of benzene rings is 1. The number of fused-ring (bicyclic) bond motifs is 5. The van der Waals surface area contributed by atoms with E-state index in [-0.39, 0.29) is 24.0 Å². The molecule has 0 radical (unpaired) electrons. The summed E-state index contributed by atoms with van der Waals surface area (Å²) in [6.07, 6.45) is 3.83. The summed E-state index contributed by atoms with van der Waals surface area (Å²) in [6.45, 7) is 12.4. The van der Waals surface area contributed by atoms with E-state index in [9.17, 15) is 4.79 Å². The van der Waals surface area contributed by atoms with E-state index in [0.29, 0.717) is 12.6 Å². The van der Waals surface area contributed by atoms with E-state index >= 15 is 0 Å². The minimum atomic E-state index is -0.346. The number of hydrogen-bond acceptors (Lipinski definition) is 6. The zero-order valence-corrected chi connectivity index (χ0v) is 20.4. The maximum absolute atomic E-state index is 13.5. The van der Waals surface area contributed by atoms with Crippen molar-refractivity contribution in [3.05, 3.63) is 30.1 Å². The van der Waals surface area contributed by atoms with E-state index in [4.69, 9.17) is 9.97 Å². The van der Waals surface area contributed by atoms with E-state index in [1.165, 1.54) is 19.3 Å². The summed E-state index contributed by atoms with van der Waals surface area (Å²) in [5.41, 5.74) is 0.925. The van der Waals surface area contributed by atoms with Crippen molar-refractivity contribution >= 4 is 22.6 Å². The Balaban J connectivity index is 1.46. The quantitative estimate of drug-likeness (QED) is 0.730. The topological polar surface area (TPSA) is 73.4 Å². The maximum atomic E-state index is 13.5. The van der Waals surface area contributed by atoms with E-state index in [0.717, 1.165) is 54.0 Å². The average molecular weight is 451 g/mol. The molecule has 7 heteroatoms. The molecule has 1 aromatic heterocycles. The normalized spacial score (nSPS) is 31.7. The largest absolute Gasteiger partial charge is 0.358 e. The number of amides is 1. The van der Waals surface area contributed by atoms with Gasteiger partial charge in [-0.2, -0.15) is 0 Å². The Kier molecular flexibility index (Phi) is 6.27. The number of para-hydroxylation sites is 1. The summed E-state index contributed by atoms with van der Waals surface area (Å²) >= 11 is 0. The molecule has 5 rings (SSSR count). The number of hydrogen-bond donors (Lipinski definition) is 2. The fraction of sp³-hybridized carbons (Fsp3) is 0.654. The first-order valence-corrected chi connectivity index (χ1v) is 12.7. The number of carbonyl (C=O) groups excluding carboxylic acids is 1. The van der Waals surface area contributed by atoms with Crippen LogP contribution in [0.25, 0.3) is 10.9 Å². The number of piperazine rings is 1. The summed E-state index contributed by atoms with van der Waals surface area (Å²) < 4.78 is 0. The number of rotatable bonds is 2. The lowest BCUT2D eigenvalue weighted by atomic mass is 9.79. The van der Waals surface area contributed by atoms with Crippen LogP contribution >= 0.6 is 0 Å². The Morgan fingerprint density at radius 3 is 2.45 bits per heavy atom. The molecule has 4 atom stereocenters. The van der Waals surface area contributed by atoms with Gasteiger partial charge in [0, 0.05) is 31.1 Å². The van der Waals surface area contributed by atoms with Crippen LogP contribution in [0.4, 0.5) is 5.82 Å². The molecular formula is C26H38N6O. The first-order chi connectivity index (χ1) is 15.9. The van der Waals surface area contributed by atoms with Crippen molar-refractivity contribution in [1.82, 2.24) is 25.1 Å². The summed E-state index contributed by atoms with van der Waals surface area (Å²) in [5, 5.41) is 7.83. The lowest BCUT2D eigenvalue weighted by Gasteiger charge is -2.47. The standard InChI is InChI=1S/C26H38N6O/c1-16(2)24-26(33)29-23-15-31(19-12-17(3)11-18(4)13-19)9-10-32(23)14-22-27-21-8-6-5-7-20(21)25(28-22)30-24/h5-8,16-19,23-24H,9-15H2,1-4H3,(H,29,33)(H,27,28,30)/t17?,18?,19?,23?,24-/m0/s1. The number of anilines is 1. The van der Waals surface area contributed by atoms with Crippen molar-refractivity contribution in [3.63, 3.8) is 0 Å². The monoisotopic (exact) mass is 450 g/mol. The smallest absolute Gasteiger partial charge is 0.244 e. The molecule has 3 unspecified atom stereocenters. The predicted molar refractivity (Wildman–Crippen MR) is 132 cm³/mol. The molecule has 3 aliphatic rings. The molecule has 1 aliphatic carbocycles. The number of nitrogens with one attached hydrogen (secondary N) is 2. The van der Waals surface area contributed by atoms with Crippen LogP contribution in [0.3, 0.4) is 0 Å². The first kappa shape index (κ1) is 22.5. The van der Waals surface area contributed by atoms with Crippen LogP contribution < -0.4 is 10.6 Å². The zero-order valence-electron chi connectivity index (χ0n) is 20.4. The van der Waals surface area contributed by atoms with Gasteiger partial charge in [0.15, 0.2) is 0 Å². The maximum Gasteiger partial charge on any atom is 0.244 e. The summed E-state index contributed by atoms with van der Waals surface area (Å²) in [7, 11) is 0. The molecule has 2 N–H and O–H groups in total. The zero-order chi connectivity index (χ0) is 23.1. The minimum absolute atomic E-state index is 0.0292. The second-order valence-corrected chi connectivity index (χ2v) is 10.9. The minimum Gasteiger partial charge on any atom is -0.358 e. The molecule has 2 aromatic rings. The van der Waals surface area contributed by atoms with Crippen molar-refractivity contribution in [3.8, 4) is 0 Å². The molecule has 1 amide bonds. The fourth-order valence-corrected chi connectivity index (χ4v) is 6.13. The van der Waals surface area contributed by atoms with Crippen molar-refractivity contribution in [2.75, 3.05) is 25.0 Å². The molecule has 2 fully saturated rings. The molecule has 1 aromatic carbocycles. The molecule has 2 aliphatic heterocycles. The van der Waals surface area contributed by atoms with E-state index in [2.05, 4.69) is 48.1 Å². The van der Waals surface area contributed by atoms with Gasteiger partial charge in [-0.1, -0.05) is 39.8 Å². The van der Waals surface area contributed by atoms with E-state index in [1.807, 2.05) is 24.3 Å². The van der Waals surface area contributed by atoms with Crippen LogP contribution in [0, 0.1) is 17.8 Å². The molecule has 33 heavy (non-hydrogen) atoms. The fourth-order valence-electron chi connectivity index (χ4n) is 6.13. The molecular weight excluding hydrogens is 412 g/mol. The highest BCUT2D eigenvalue weighted by molar-refractivity contribution is 5.92. The third-order valence-corrected chi connectivity index (χ3v) is 7.74. The Morgan fingerprint density at radius 2 is 1.70 bits per heavy atom. The Labute approximate surface area is 197 Å². The summed E-state index contributed by atoms with van der Waals surface area (Å²) in [5.74, 6) is 3.30. The second-order valence-electron chi connectivity index (χ2n) is 10.9. The van der Waals surface area contributed by atoms with Crippen molar-refractivity contribution in [2.45, 2.75) is 71.8 Å².